The molecule has 2 rings (SSSR count). The van der Waals surface area contributed by atoms with E-state index in [1.54, 1.807) is 4.90 Å². The van der Waals surface area contributed by atoms with Crippen molar-refractivity contribution in [1.29, 1.82) is 0 Å². The summed E-state index contributed by atoms with van der Waals surface area (Å²) in [7, 11) is 0. The topological polar surface area (TPSA) is 55.8 Å². The summed E-state index contributed by atoms with van der Waals surface area (Å²) in [5, 5.41) is 0. The SMILES string of the molecule is CC(C)(C)OC(=O)N1[C@H]2C[C@@]2(C)C[C@H]1OC=O. The Morgan fingerprint density at radius 1 is 1.41 bits per heavy atom. The molecule has 0 aromatic carbocycles. The summed E-state index contributed by atoms with van der Waals surface area (Å²) in [4.78, 5) is 24.0. The Morgan fingerprint density at radius 3 is 2.59 bits per heavy atom. The molecule has 96 valence electrons. The highest BCUT2D eigenvalue weighted by atomic mass is 16.6. The second-order valence-electron chi connectivity index (χ2n) is 6.15. The van der Waals surface area contributed by atoms with Crippen LogP contribution in [-0.2, 0) is 14.3 Å². The van der Waals surface area contributed by atoms with Crippen molar-refractivity contribution in [3.05, 3.63) is 0 Å². The van der Waals surface area contributed by atoms with Crippen LogP contribution in [-0.4, -0.2) is 35.3 Å². The van der Waals surface area contributed by atoms with Gasteiger partial charge >= 0.3 is 6.09 Å². The van der Waals surface area contributed by atoms with Crippen molar-refractivity contribution in [3.8, 4) is 0 Å². The zero-order valence-corrected chi connectivity index (χ0v) is 10.7. The summed E-state index contributed by atoms with van der Waals surface area (Å²) in [6.45, 7) is 7.97. The maximum atomic E-state index is 12.0. The number of hydrogen-bond acceptors (Lipinski definition) is 4. The molecule has 17 heavy (non-hydrogen) atoms. The molecule has 0 radical (unpaired) electrons. The summed E-state index contributed by atoms with van der Waals surface area (Å²) in [6.07, 6.45) is 0.808. The van der Waals surface area contributed by atoms with Gasteiger partial charge in [0.05, 0.1) is 0 Å². The lowest BCUT2D eigenvalue weighted by Gasteiger charge is -2.29. The largest absolute Gasteiger partial charge is 0.444 e. The Kier molecular flexibility index (Phi) is 2.60. The second kappa shape index (κ2) is 3.62. The number of piperidine rings is 1. The molecule has 1 aliphatic carbocycles. The van der Waals surface area contributed by atoms with Crippen LogP contribution in [0.3, 0.4) is 0 Å². The molecule has 2 aliphatic rings. The van der Waals surface area contributed by atoms with E-state index in [2.05, 4.69) is 6.92 Å². The first-order chi connectivity index (χ1) is 7.77. The maximum absolute atomic E-state index is 12.0. The number of carbonyl (C=O) groups is 2. The summed E-state index contributed by atoms with van der Waals surface area (Å²) in [5.41, 5.74) is -0.429. The standard InChI is InChI=1S/C12H19NO4/c1-11(2,3)17-10(15)13-8-5-12(8,4)6-9(13)16-7-14/h7-9H,5-6H2,1-4H3/t8-,9+,12-/m0/s1. The number of likely N-dealkylation sites (tertiary alicyclic amines) is 1. The van der Waals surface area contributed by atoms with Crippen molar-refractivity contribution < 1.29 is 19.1 Å². The smallest absolute Gasteiger partial charge is 0.413 e. The summed E-state index contributed by atoms with van der Waals surface area (Å²) < 4.78 is 10.3. The van der Waals surface area contributed by atoms with Gasteiger partial charge in [-0.05, 0) is 32.6 Å². The fourth-order valence-electron chi connectivity index (χ4n) is 2.47. The van der Waals surface area contributed by atoms with Gasteiger partial charge in [-0.2, -0.15) is 0 Å². The Morgan fingerprint density at radius 2 is 2.06 bits per heavy atom. The van der Waals surface area contributed by atoms with Crippen LogP contribution < -0.4 is 0 Å². The maximum Gasteiger partial charge on any atom is 0.413 e. The predicted molar refractivity (Wildman–Crippen MR) is 60.1 cm³/mol. The molecule has 5 heteroatoms. The molecule has 1 saturated carbocycles. The van der Waals surface area contributed by atoms with Crippen molar-refractivity contribution in [2.45, 2.75) is 58.4 Å². The highest BCUT2D eigenvalue weighted by Gasteiger charge is 2.64. The minimum Gasteiger partial charge on any atom is -0.444 e. The van der Waals surface area contributed by atoms with Crippen LogP contribution in [0.2, 0.25) is 0 Å². The minimum atomic E-state index is -0.531. The van der Waals surface area contributed by atoms with Gasteiger partial charge in [0.25, 0.3) is 6.47 Å². The Hall–Kier alpha value is -1.26. The first-order valence-corrected chi connectivity index (χ1v) is 5.87. The van der Waals surface area contributed by atoms with Gasteiger partial charge in [0.2, 0.25) is 0 Å². The van der Waals surface area contributed by atoms with Crippen LogP contribution in [0.4, 0.5) is 4.79 Å². The van der Waals surface area contributed by atoms with Crippen LogP contribution in [0.15, 0.2) is 0 Å². The molecule has 1 saturated heterocycles. The molecule has 2 fully saturated rings. The van der Waals surface area contributed by atoms with Gasteiger partial charge in [-0.15, -0.1) is 0 Å². The van der Waals surface area contributed by atoms with Gasteiger partial charge in [0.15, 0.2) is 6.23 Å². The van der Waals surface area contributed by atoms with Gasteiger partial charge in [0, 0.05) is 12.5 Å². The summed E-state index contributed by atoms with van der Waals surface area (Å²) in [5.74, 6) is 0. The van der Waals surface area contributed by atoms with Crippen molar-refractivity contribution in [3.63, 3.8) is 0 Å². The second-order valence-corrected chi connectivity index (χ2v) is 6.15. The summed E-state index contributed by atoms with van der Waals surface area (Å²) in [6, 6.07) is 0.155. The zero-order chi connectivity index (χ0) is 12.8. The van der Waals surface area contributed by atoms with Gasteiger partial charge in [0.1, 0.15) is 5.60 Å². The molecule has 0 spiro atoms. The quantitative estimate of drug-likeness (QED) is 0.693. The lowest BCUT2D eigenvalue weighted by molar-refractivity contribution is -0.141. The van der Waals surface area contributed by atoms with Gasteiger partial charge < -0.3 is 9.47 Å². The van der Waals surface area contributed by atoms with E-state index < -0.39 is 17.9 Å². The van der Waals surface area contributed by atoms with Gasteiger partial charge in [-0.25, -0.2) is 4.79 Å². The molecule has 1 aliphatic heterocycles. The molecule has 0 unspecified atom stereocenters. The lowest BCUT2D eigenvalue weighted by Crippen LogP contribution is -2.43. The van der Waals surface area contributed by atoms with E-state index in [0.29, 0.717) is 12.9 Å². The third-order valence-corrected chi connectivity index (χ3v) is 3.41. The highest BCUT2D eigenvalue weighted by Crippen LogP contribution is 2.59. The van der Waals surface area contributed by atoms with Crippen LogP contribution in [0.25, 0.3) is 0 Å². The number of hydrogen-bond donors (Lipinski definition) is 0. The molecule has 0 aromatic rings. The number of ether oxygens (including phenoxy) is 2. The summed E-state index contributed by atoms with van der Waals surface area (Å²) >= 11 is 0. The van der Waals surface area contributed by atoms with E-state index in [4.69, 9.17) is 9.47 Å². The number of carbonyl (C=O) groups excluding carboxylic acids is 2. The Labute approximate surface area is 101 Å². The average Bonchev–Trinajstić information content (AvgIpc) is 2.66. The molecule has 5 nitrogen and oxygen atoms in total. The molecule has 0 N–H and O–H groups in total. The number of amides is 1. The molecular weight excluding hydrogens is 222 g/mol. The van der Waals surface area contributed by atoms with Gasteiger partial charge in [-0.1, -0.05) is 6.92 Å². The van der Waals surface area contributed by atoms with Crippen molar-refractivity contribution in [2.75, 3.05) is 0 Å². The van der Waals surface area contributed by atoms with Crippen molar-refractivity contribution in [2.24, 2.45) is 5.41 Å². The van der Waals surface area contributed by atoms with Crippen LogP contribution in [0.5, 0.6) is 0 Å². The third-order valence-electron chi connectivity index (χ3n) is 3.41. The Balaban J connectivity index is 2.07. The van der Waals surface area contributed by atoms with Gasteiger partial charge in [-0.3, -0.25) is 9.69 Å². The normalized spacial score (nSPS) is 35.2. The highest BCUT2D eigenvalue weighted by molar-refractivity contribution is 5.70. The van der Waals surface area contributed by atoms with Crippen LogP contribution in [0.1, 0.15) is 40.5 Å². The number of nitrogens with zero attached hydrogens (tertiary/aromatic N) is 1. The average molecular weight is 241 g/mol. The fraction of sp³-hybridized carbons (Fsp3) is 0.833. The number of fused-ring (bicyclic) bond motifs is 1. The van der Waals surface area contributed by atoms with Crippen molar-refractivity contribution in [1.82, 2.24) is 4.90 Å². The fourth-order valence-corrected chi connectivity index (χ4v) is 2.47. The van der Waals surface area contributed by atoms with Crippen molar-refractivity contribution >= 4 is 12.6 Å². The molecule has 0 aromatic heterocycles. The van der Waals surface area contributed by atoms with Crippen LogP contribution in [0, 0.1) is 5.41 Å². The molecule has 1 amide bonds. The third kappa shape index (κ3) is 2.23. The van der Waals surface area contributed by atoms with E-state index in [9.17, 15) is 9.59 Å². The van der Waals surface area contributed by atoms with E-state index in [-0.39, 0.29) is 11.5 Å². The minimum absolute atomic E-state index is 0.102. The predicted octanol–water partition coefficient (Wildman–Crippen LogP) is 1.90. The zero-order valence-electron chi connectivity index (χ0n) is 10.7. The van der Waals surface area contributed by atoms with Crippen LogP contribution >= 0.6 is 0 Å². The monoisotopic (exact) mass is 241 g/mol. The van der Waals surface area contributed by atoms with E-state index in [1.165, 1.54) is 0 Å². The van der Waals surface area contributed by atoms with E-state index in [1.807, 2.05) is 20.8 Å². The van der Waals surface area contributed by atoms with E-state index >= 15 is 0 Å². The first-order valence-electron chi connectivity index (χ1n) is 5.87. The van der Waals surface area contributed by atoms with E-state index in [0.717, 1.165) is 6.42 Å². The Bertz CT molecular complexity index is 349. The molecule has 1 heterocycles. The molecular formula is C12H19NO4. The molecule has 3 atom stereocenters. The number of rotatable bonds is 2. The first kappa shape index (κ1) is 12.2. The molecule has 0 bridgehead atoms. The lowest BCUT2D eigenvalue weighted by atomic mass is 10.1.